The quantitative estimate of drug-likeness (QED) is 0.655. The fourth-order valence-electron chi connectivity index (χ4n) is 1.15. The summed E-state index contributed by atoms with van der Waals surface area (Å²) in [6, 6.07) is 0. The molecule has 80 valence electrons. The van der Waals surface area contributed by atoms with Gasteiger partial charge in [-0.3, -0.25) is 0 Å². The molecule has 6 nitrogen and oxygen atoms in total. The van der Waals surface area contributed by atoms with E-state index in [1.54, 1.807) is 14.0 Å². The Morgan fingerprint density at radius 3 is 2.64 bits per heavy atom. The van der Waals surface area contributed by atoms with Crippen LogP contribution in [0.2, 0.25) is 0 Å². The highest BCUT2D eigenvalue weighted by Crippen LogP contribution is 2.23. The highest BCUT2D eigenvalue weighted by atomic mass is 16.3. The Bertz CT molecular complexity index is 298. The summed E-state index contributed by atoms with van der Waals surface area (Å²) in [6.07, 6.45) is 0.0472. The average Bonchev–Trinajstić information content (AvgIpc) is 2.50. The largest absolute Gasteiger partial charge is 0.393 e. The van der Waals surface area contributed by atoms with Gasteiger partial charge in [-0.25, -0.2) is 0 Å². The van der Waals surface area contributed by atoms with Gasteiger partial charge in [0, 0.05) is 18.4 Å². The van der Waals surface area contributed by atoms with Gasteiger partial charge in [0.1, 0.15) is 0 Å². The smallest absolute Gasteiger partial charge is 0.175 e. The lowest BCUT2D eigenvalue weighted by molar-refractivity contribution is 0.0573. The van der Waals surface area contributed by atoms with E-state index in [-0.39, 0.29) is 5.41 Å². The second-order valence-electron chi connectivity index (χ2n) is 3.91. The molecule has 1 heterocycles. The van der Waals surface area contributed by atoms with Gasteiger partial charge in [-0.1, -0.05) is 6.92 Å². The molecule has 0 aliphatic heterocycles. The van der Waals surface area contributed by atoms with Crippen LogP contribution in [0.25, 0.3) is 0 Å². The van der Waals surface area contributed by atoms with Crippen molar-refractivity contribution in [3.63, 3.8) is 0 Å². The first-order valence-electron chi connectivity index (χ1n) is 4.59. The minimum absolute atomic E-state index is 0.386. The third-order valence-corrected chi connectivity index (χ3v) is 2.59. The average molecular weight is 199 g/mol. The summed E-state index contributed by atoms with van der Waals surface area (Å²) in [5, 5.41) is 21.2. The number of aryl methyl sites for hydroxylation is 1. The van der Waals surface area contributed by atoms with Crippen LogP contribution < -0.4 is 5.73 Å². The topological polar surface area (TPSA) is 89.9 Å². The predicted molar refractivity (Wildman–Crippen MR) is 51.3 cm³/mol. The van der Waals surface area contributed by atoms with Gasteiger partial charge in [-0.2, -0.15) is 4.80 Å². The summed E-state index contributed by atoms with van der Waals surface area (Å²) in [7, 11) is 1.71. The van der Waals surface area contributed by atoms with Crippen molar-refractivity contribution in [1.29, 1.82) is 0 Å². The van der Waals surface area contributed by atoms with Gasteiger partial charge >= 0.3 is 0 Å². The molecular weight excluding hydrogens is 182 g/mol. The van der Waals surface area contributed by atoms with Gasteiger partial charge in [0.2, 0.25) is 0 Å². The van der Waals surface area contributed by atoms with E-state index in [9.17, 15) is 5.11 Å². The molecule has 0 radical (unpaired) electrons. The summed E-state index contributed by atoms with van der Waals surface area (Å²) in [6.45, 7) is 4.03. The lowest BCUT2D eigenvalue weighted by atomic mass is 9.81. The summed E-state index contributed by atoms with van der Waals surface area (Å²) >= 11 is 0. The molecule has 0 fully saturated rings. The van der Waals surface area contributed by atoms with Crippen LogP contribution in [0.15, 0.2) is 0 Å². The first kappa shape index (κ1) is 11.1. The van der Waals surface area contributed by atoms with E-state index < -0.39 is 6.10 Å². The number of aliphatic hydroxyl groups excluding tert-OH is 1. The molecule has 0 aromatic carbocycles. The molecule has 2 unspecified atom stereocenters. The van der Waals surface area contributed by atoms with E-state index in [0.717, 1.165) is 0 Å². The van der Waals surface area contributed by atoms with Crippen molar-refractivity contribution in [2.45, 2.75) is 26.4 Å². The van der Waals surface area contributed by atoms with Crippen LogP contribution >= 0.6 is 0 Å². The minimum atomic E-state index is -0.490. The highest BCUT2D eigenvalue weighted by Gasteiger charge is 2.30. The Balaban J connectivity index is 2.75. The number of hydrogen-bond donors (Lipinski definition) is 2. The van der Waals surface area contributed by atoms with Gasteiger partial charge < -0.3 is 10.8 Å². The van der Waals surface area contributed by atoms with Crippen LogP contribution in [-0.2, 0) is 13.5 Å². The van der Waals surface area contributed by atoms with Crippen LogP contribution in [0.1, 0.15) is 19.7 Å². The molecule has 1 aromatic rings. The van der Waals surface area contributed by atoms with Crippen LogP contribution in [0.3, 0.4) is 0 Å². The molecule has 0 bridgehead atoms. The molecule has 0 aliphatic carbocycles. The molecule has 0 saturated heterocycles. The summed E-state index contributed by atoms with van der Waals surface area (Å²) in [5.41, 5.74) is 5.23. The lowest BCUT2D eigenvalue weighted by Gasteiger charge is -2.29. The van der Waals surface area contributed by atoms with E-state index in [2.05, 4.69) is 15.4 Å². The summed E-state index contributed by atoms with van der Waals surface area (Å²) < 4.78 is 0. The third-order valence-electron chi connectivity index (χ3n) is 2.59. The predicted octanol–water partition coefficient (Wildman–Crippen LogP) is -0.902. The SMILES string of the molecule is CC(O)C(C)(CN)Cc1nnn(C)n1. The highest BCUT2D eigenvalue weighted by molar-refractivity contribution is 4.91. The Labute approximate surface area is 83.1 Å². The van der Waals surface area contributed by atoms with Crippen LogP contribution in [0, 0.1) is 5.41 Å². The van der Waals surface area contributed by atoms with Crippen molar-refractivity contribution in [3.05, 3.63) is 5.82 Å². The monoisotopic (exact) mass is 199 g/mol. The molecule has 0 spiro atoms. The normalized spacial score (nSPS) is 17.8. The number of tetrazole rings is 1. The first-order chi connectivity index (χ1) is 6.48. The first-order valence-corrected chi connectivity index (χ1v) is 4.59. The molecule has 0 saturated carbocycles. The molecule has 6 heteroatoms. The Hall–Kier alpha value is -1.01. The van der Waals surface area contributed by atoms with Gasteiger partial charge in [-0.15, -0.1) is 10.2 Å². The lowest BCUT2D eigenvalue weighted by Crippen LogP contribution is -2.39. The van der Waals surface area contributed by atoms with E-state index in [1.807, 2.05) is 6.92 Å². The maximum atomic E-state index is 9.58. The fourth-order valence-corrected chi connectivity index (χ4v) is 1.15. The maximum absolute atomic E-state index is 9.58. The molecule has 3 N–H and O–H groups in total. The van der Waals surface area contributed by atoms with Crippen molar-refractivity contribution in [2.75, 3.05) is 6.54 Å². The van der Waals surface area contributed by atoms with Crippen molar-refractivity contribution in [1.82, 2.24) is 20.2 Å². The van der Waals surface area contributed by atoms with Crippen molar-refractivity contribution in [2.24, 2.45) is 18.2 Å². The number of nitrogens with zero attached hydrogens (tertiary/aromatic N) is 4. The molecule has 14 heavy (non-hydrogen) atoms. The summed E-state index contributed by atoms with van der Waals surface area (Å²) in [4.78, 5) is 1.40. The number of hydrogen-bond acceptors (Lipinski definition) is 5. The van der Waals surface area contributed by atoms with E-state index >= 15 is 0 Å². The molecule has 1 rings (SSSR count). The zero-order chi connectivity index (χ0) is 10.8. The number of aliphatic hydroxyl groups is 1. The third kappa shape index (κ3) is 2.27. The Morgan fingerprint density at radius 1 is 1.64 bits per heavy atom. The number of aromatic nitrogens is 4. The van der Waals surface area contributed by atoms with E-state index in [1.165, 1.54) is 4.80 Å². The van der Waals surface area contributed by atoms with Gasteiger partial charge in [0.05, 0.1) is 13.2 Å². The second kappa shape index (κ2) is 4.02. The Morgan fingerprint density at radius 2 is 2.29 bits per heavy atom. The van der Waals surface area contributed by atoms with Crippen LogP contribution in [-0.4, -0.2) is 38.0 Å². The van der Waals surface area contributed by atoms with Crippen molar-refractivity contribution < 1.29 is 5.11 Å². The molecule has 1 aromatic heterocycles. The Kier molecular flexibility index (Phi) is 3.17. The van der Waals surface area contributed by atoms with E-state index in [4.69, 9.17) is 5.73 Å². The molecular formula is C8H17N5O. The van der Waals surface area contributed by atoms with Gasteiger partial charge in [0.15, 0.2) is 5.82 Å². The van der Waals surface area contributed by atoms with E-state index in [0.29, 0.717) is 18.8 Å². The molecule has 0 aliphatic rings. The molecule has 0 amide bonds. The summed E-state index contributed by atoms with van der Waals surface area (Å²) in [5.74, 6) is 0.612. The zero-order valence-corrected chi connectivity index (χ0v) is 8.80. The van der Waals surface area contributed by atoms with Gasteiger partial charge in [-0.05, 0) is 12.1 Å². The second-order valence-corrected chi connectivity index (χ2v) is 3.91. The number of rotatable bonds is 4. The zero-order valence-electron chi connectivity index (χ0n) is 8.80. The maximum Gasteiger partial charge on any atom is 0.175 e. The standard InChI is InChI=1S/C8H17N5O/c1-6(14)8(2,5-9)4-7-10-12-13(3)11-7/h6,14H,4-5,9H2,1-3H3. The minimum Gasteiger partial charge on any atom is -0.393 e. The van der Waals surface area contributed by atoms with Crippen molar-refractivity contribution in [3.8, 4) is 0 Å². The van der Waals surface area contributed by atoms with Gasteiger partial charge in [0.25, 0.3) is 0 Å². The van der Waals surface area contributed by atoms with Crippen LogP contribution in [0.5, 0.6) is 0 Å². The molecule has 2 atom stereocenters. The number of nitrogens with two attached hydrogens (primary N) is 1. The fraction of sp³-hybridized carbons (Fsp3) is 0.875. The van der Waals surface area contributed by atoms with Crippen molar-refractivity contribution >= 4 is 0 Å². The van der Waals surface area contributed by atoms with Crippen LogP contribution in [0.4, 0.5) is 0 Å².